The van der Waals surface area contributed by atoms with Crippen molar-refractivity contribution in [3.63, 3.8) is 0 Å². The van der Waals surface area contributed by atoms with Gasteiger partial charge in [-0.1, -0.05) is 12.1 Å². The molecule has 0 radical (unpaired) electrons. The molecule has 3 rings (SSSR count). The average Bonchev–Trinajstić information content (AvgIpc) is 3.18. The Hall–Kier alpha value is -1.84. The lowest BCUT2D eigenvalue weighted by Gasteiger charge is -2.33. The first-order valence-corrected chi connectivity index (χ1v) is 11.1. The van der Waals surface area contributed by atoms with Gasteiger partial charge in [0.15, 0.2) is 0 Å². The second-order valence-corrected chi connectivity index (χ2v) is 8.70. The number of anilines is 2. The maximum absolute atomic E-state index is 12.4. The number of amides is 1. The molecule has 27 heavy (non-hydrogen) atoms. The number of ether oxygens (including phenoxy) is 2. The normalized spacial score (nSPS) is 20.5. The summed E-state index contributed by atoms with van der Waals surface area (Å²) in [7, 11) is -3.63. The van der Waals surface area contributed by atoms with E-state index in [9.17, 15) is 13.2 Å². The quantitative estimate of drug-likeness (QED) is 0.724. The van der Waals surface area contributed by atoms with E-state index in [-0.39, 0.29) is 18.6 Å². The van der Waals surface area contributed by atoms with Crippen LogP contribution in [0.4, 0.5) is 11.4 Å². The van der Waals surface area contributed by atoms with Crippen LogP contribution in [0, 0.1) is 0 Å². The molecule has 2 heterocycles. The molecule has 8 nitrogen and oxygen atoms in total. The molecule has 1 unspecified atom stereocenters. The molecule has 9 heteroatoms. The van der Waals surface area contributed by atoms with Crippen molar-refractivity contribution in [1.29, 1.82) is 0 Å². The molecular weight excluding hydrogens is 370 g/mol. The van der Waals surface area contributed by atoms with E-state index in [1.54, 1.807) is 12.1 Å². The Bertz CT molecular complexity index is 743. The van der Waals surface area contributed by atoms with Crippen molar-refractivity contribution in [2.45, 2.75) is 18.9 Å². The van der Waals surface area contributed by atoms with Crippen LogP contribution >= 0.6 is 0 Å². The number of carbonyl (C=O) groups is 1. The maximum atomic E-state index is 12.4. The van der Waals surface area contributed by atoms with Gasteiger partial charge in [-0.15, -0.1) is 0 Å². The third kappa shape index (κ3) is 5.33. The van der Waals surface area contributed by atoms with Gasteiger partial charge in [0, 0.05) is 26.2 Å². The molecular formula is C18H27N3O5S. The molecule has 0 bridgehead atoms. The first kappa shape index (κ1) is 19.9. The van der Waals surface area contributed by atoms with Crippen LogP contribution in [0.5, 0.6) is 0 Å². The minimum atomic E-state index is -3.63. The highest BCUT2D eigenvalue weighted by atomic mass is 32.2. The van der Waals surface area contributed by atoms with Gasteiger partial charge in [0.05, 0.1) is 36.9 Å². The van der Waals surface area contributed by atoms with Crippen molar-refractivity contribution >= 4 is 27.3 Å². The fourth-order valence-electron chi connectivity index (χ4n) is 3.35. The molecule has 2 aliphatic rings. The lowest BCUT2D eigenvalue weighted by molar-refractivity contribution is -0.120. The number of benzene rings is 1. The second kappa shape index (κ2) is 8.90. The molecule has 0 aliphatic carbocycles. The van der Waals surface area contributed by atoms with Crippen molar-refractivity contribution in [1.82, 2.24) is 5.32 Å². The first-order valence-electron chi connectivity index (χ1n) is 9.23. The molecule has 0 saturated carbocycles. The predicted molar refractivity (Wildman–Crippen MR) is 104 cm³/mol. The number of hydrogen-bond acceptors (Lipinski definition) is 6. The summed E-state index contributed by atoms with van der Waals surface area (Å²) in [6.07, 6.45) is 3.04. The second-order valence-electron chi connectivity index (χ2n) is 6.80. The zero-order valence-electron chi connectivity index (χ0n) is 15.6. The number of nitrogens with zero attached hydrogens (tertiary/aromatic N) is 2. The molecule has 1 aromatic carbocycles. The van der Waals surface area contributed by atoms with Crippen LogP contribution in [-0.2, 0) is 24.3 Å². The molecule has 0 aromatic heterocycles. The van der Waals surface area contributed by atoms with Gasteiger partial charge < -0.3 is 19.7 Å². The van der Waals surface area contributed by atoms with E-state index in [1.807, 2.05) is 12.1 Å². The standard InChI is InChI=1S/C18H27N3O5S/c1-27(23,24)21(14-18(22)19-13-15-5-4-10-26-15)17-7-3-2-6-16(17)20-8-11-25-12-9-20/h2-3,6-7,15H,4-5,8-14H2,1H3,(H,19,22). The molecule has 1 amide bonds. The van der Waals surface area contributed by atoms with E-state index in [2.05, 4.69) is 10.2 Å². The van der Waals surface area contributed by atoms with Crippen molar-refractivity contribution in [3.8, 4) is 0 Å². The summed E-state index contributed by atoms with van der Waals surface area (Å²) in [6, 6.07) is 7.26. The largest absolute Gasteiger partial charge is 0.378 e. The maximum Gasteiger partial charge on any atom is 0.240 e. The topological polar surface area (TPSA) is 88.2 Å². The highest BCUT2D eigenvalue weighted by Gasteiger charge is 2.26. The number of sulfonamides is 1. The van der Waals surface area contributed by atoms with Crippen molar-refractivity contribution in [2.24, 2.45) is 0 Å². The summed E-state index contributed by atoms with van der Waals surface area (Å²) in [5.74, 6) is -0.340. The van der Waals surface area contributed by atoms with Crippen molar-refractivity contribution < 1.29 is 22.7 Å². The Labute approximate surface area is 160 Å². The Balaban J connectivity index is 1.75. The molecule has 2 fully saturated rings. The number of para-hydroxylation sites is 2. The minimum absolute atomic E-state index is 0.0151. The Morgan fingerprint density at radius 2 is 2.00 bits per heavy atom. The lowest BCUT2D eigenvalue weighted by Crippen LogP contribution is -2.43. The van der Waals surface area contributed by atoms with E-state index in [4.69, 9.17) is 9.47 Å². The molecule has 2 saturated heterocycles. The fourth-order valence-corrected chi connectivity index (χ4v) is 4.21. The molecule has 150 valence electrons. The number of carbonyl (C=O) groups excluding carboxylic acids is 1. The van der Waals surface area contributed by atoms with Gasteiger partial charge in [0.2, 0.25) is 15.9 Å². The van der Waals surface area contributed by atoms with Crippen LogP contribution < -0.4 is 14.5 Å². The van der Waals surface area contributed by atoms with Crippen LogP contribution in [0.1, 0.15) is 12.8 Å². The molecule has 1 aromatic rings. The van der Waals surface area contributed by atoms with Crippen molar-refractivity contribution in [3.05, 3.63) is 24.3 Å². The molecule has 1 atom stereocenters. The van der Waals surface area contributed by atoms with E-state index >= 15 is 0 Å². The molecule has 0 spiro atoms. The third-order valence-corrected chi connectivity index (χ3v) is 5.87. The zero-order chi connectivity index (χ0) is 19.3. The predicted octanol–water partition coefficient (Wildman–Crippen LogP) is 0.584. The van der Waals surface area contributed by atoms with Crippen LogP contribution in [-0.4, -0.2) is 72.7 Å². The lowest BCUT2D eigenvalue weighted by atomic mass is 10.2. The summed E-state index contributed by atoms with van der Waals surface area (Å²) in [5, 5.41) is 2.79. The summed E-state index contributed by atoms with van der Waals surface area (Å²) in [6.45, 7) is 3.40. The third-order valence-electron chi connectivity index (χ3n) is 4.74. The smallest absolute Gasteiger partial charge is 0.240 e. The van der Waals surface area contributed by atoms with Crippen LogP contribution in [0.25, 0.3) is 0 Å². The van der Waals surface area contributed by atoms with Crippen LogP contribution in [0.15, 0.2) is 24.3 Å². The zero-order valence-corrected chi connectivity index (χ0v) is 16.4. The SMILES string of the molecule is CS(=O)(=O)N(CC(=O)NCC1CCCO1)c1ccccc1N1CCOCC1. The van der Waals surface area contributed by atoms with Gasteiger partial charge in [-0.05, 0) is 25.0 Å². The van der Waals surface area contributed by atoms with Gasteiger partial charge in [-0.2, -0.15) is 0 Å². The van der Waals surface area contributed by atoms with Gasteiger partial charge in [-0.3, -0.25) is 9.10 Å². The van der Waals surface area contributed by atoms with Crippen LogP contribution in [0.2, 0.25) is 0 Å². The van der Waals surface area contributed by atoms with Gasteiger partial charge in [-0.25, -0.2) is 8.42 Å². The average molecular weight is 397 g/mol. The highest BCUT2D eigenvalue weighted by molar-refractivity contribution is 7.92. The Kier molecular flexibility index (Phi) is 6.56. The Morgan fingerprint density at radius 1 is 1.26 bits per heavy atom. The van der Waals surface area contributed by atoms with E-state index in [1.165, 1.54) is 4.31 Å². The molecule has 1 N–H and O–H groups in total. The van der Waals surface area contributed by atoms with Crippen molar-refractivity contribution in [2.75, 3.05) is 61.5 Å². The summed E-state index contributed by atoms with van der Waals surface area (Å²) in [5.41, 5.74) is 1.30. The summed E-state index contributed by atoms with van der Waals surface area (Å²) in [4.78, 5) is 14.5. The van der Waals surface area contributed by atoms with E-state index < -0.39 is 10.0 Å². The summed E-state index contributed by atoms with van der Waals surface area (Å²) >= 11 is 0. The molecule has 2 aliphatic heterocycles. The van der Waals surface area contributed by atoms with Crippen LogP contribution in [0.3, 0.4) is 0 Å². The summed E-state index contributed by atoms with van der Waals surface area (Å²) < 4.78 is 36.9. The number of morpholine rings is 1. The Morgan fingerprint density at radius 3 is 2.67 bits per heavy atom. The highest BCUT2D eigenvalue weighted by Crippen LogP contribution is 2.31. The van der Waals surface area contributed by atoms with E-state index in [0.717, 1.165) is 24.8 Å². The monoisotopic (exact) mass is 397 g/mol. The number of hydrogen-bond donors (Lipinski definition) is 1. The number of nitrogens with one attached hydrogen (secondary N) is 1. The number of rotatable bonds is 7. The minimum Gasteiger partial charge on any atom is -0.378 e. The van der Waals surface area contributed by atoms with E-state index in [0.29, 0.717) is 45.1 Å². The van der Waals surface area contributed by atoms with Gasteiger partial charge in [0.1, 0.15) is 6.54 Å². The fraction of sp³-hybridized carbons (Fsp3) is 0.611. The first-order chi connectivity index (χ1) is 12.9. The van der Waals surface area contributed by atoms with Gasteiger partial charge in [0.25, 0.3) is 0 Å². The van der Waals surface area contributed by atoms with Gasteiger partial charge >= 0.3 is 0 Å².